The number of halogens is 1. The number of esters is 1. The van der Waals surface area contributed by atoms with Gasteiger partial charge in [-0.3, -0.25) is 0 Å². The number of aryl methyl sites for hydroxylation is 1. The van der Waals surface area contributed by atoms with Crippen molar-refractivity contribution < 1.29 is 23.8 Å². The summed E-state index contributed by atoms with van der Waals surface area (Å²) in [6.07, 6.45) is 1.72. The molecule has 1 N–H and O–H groups in total. The number of hydrogen-bond donors (Lipinski definition) is 1. The van der Waals surface area contributed by atoms with Crippen molar-refractivity contribution in [3.05, 3.63) is 112 Å². The van der Waals surface area contributed by atoms with Crippen LogP contribution in [0.5, 0.6) is 5.75 Å². The van der Waals surface area contributed by atoms with Gasteiger partial charge in [-0.1, -0.05) is 65.9 Å². The second-order valence-electron chi connectivity index (χ2n) is 7.73. The number of aliphatic hydroxyl groups is 1. The Labute approximate surface area is 207 Å². The molecule has 178 valence electrons. The van der Waals surface area contributed by atoms with Crippen LogP contribution in [0.2, 0.25) is 0 Å². The lowest BCUT2D eigenvalue weighted by atomic mass is 10.1. The van der Waals surface area contributed by atoms with E-state index in [-0.39, 0.29) is 30.4 Å². The molecule has 0 aliphatic carbocycles. The molecule has 0 saturated heterocycles. The Morgan fingerprint density at radius 1 is 1.06 bits per heavy atom. The minimum atomic E-state index is -0.643. The van der Waals surface area contributed by atoms with E-state index in [0.29, 0.717) is 32.5 Å². The van der Waals surface area contributed by atoms with Crippen LogP contribution in [0.25, 0.3) is 6.08 Å². The van der Waals surface area contributed by atoms with Gasteiger partial charge in [-0.15, -0.1) is 0 Å². The van der Waals surface area contributed by atoms with E-state index in [1.165, 1.54) is 17.8 Å². The van der Waals surface area contributed by atoms with Crippen molar-refractivity contribution in [3.63, 3.8) is 0 Å². The number of ether oxygens (including phenoxy) is 2. The van der Waals surface area contributed by atoms with Crippen LogP contribution in [0.4, 0.5) is 10.1 Å². The molecule has 3 aromatic carbocycles. The van der Waals surface area contributed by atoms with Gasteiger partial charge in [-0.25, -0.2) is 14.2 Å². The van der Waals surface area contributed by atoms with Crippen molar-refractivity contribution in [2.45, 2.75) is 20.5 Å². The Kier molecular flexibility index (Phi) is 7.67. The monoisotopic (exact) mass is 489 g/mol. The summed E-state index contributed by atoms with van der Waals surface area (Å²) in [5.74, 6) is -0.677. The maximum absolute atomic E-state index is 14.0. The van der Waals surface area contributed by atoms with Crippen molar-refractivity contribution in [2.75, 3.05) is 6.61 Å². The number of nitrogens with zero attached hydrogens (tertiary/aromatic N) is 1. The first-order valence-corrected chi connectivity index (χ1v) is 11.9. The number of rotatable bonds is 7. The predicted octanol–water partition coefficient (Wildman–Crippen LogP) is 6.91. The van der Waals surface area contributed by atoms with Crippen LogP contribution in [0.3, 0.4) is 0 Å². The fraction of sp³-hybridized carbons (Fsp3) is 0.143. The van der Waals surface area contributed by atoms with Crippen LogP contribution in [0.15, 0.2) is 94.0 Å². The first kappa shape index (κ1) is 24.3. The van der Waals surface area contributed by atoms with E-state index in [0.717, 1.165) is 5.56 Å². The fourth-order valence-corrected chi connectivity index (χ4v) is 4.40. The highest BCUT2D eigenvalue weighted by Gasteiger charge is 2.33. The molecule has 0 saturated carbocycles. The average molecular weight is 490 g/mol. The molecular weight excluding hydrogens is 465 g/mol. The van der Waals surface area contributed by atoms with E-state index in [1.807, 2.05) is 49.4 Å². The summed E-state index contributed by atoms with van der Waals surface area (Å²) in [7, 11) is 0. The van der Waals surface area contributed by atoms with E-state index < -0.39 is 5.97 Å². The third kappa shape index (κ3) is 5.81. The summed E-state index contributed by atoms with van der Waals surface area (Å²) in [5.41, 5.74) is 2.86. The molecule has 0 spiro atoms. The van der Waals surface area contributed by atoms with Gasteiger partial charge in [0.15, 0.2) is 0 Å². The maximum Gasteiger partial charge on any atom is 0.344 e. The summed E-state index contributed by atoms with van der Waals surface area (Å²) in [4.78, 5) is 17.7. The van der Waals surface area contributed by atoms with E-state index in [4.69, 9.17) is 9.47 Å². The van der Waals surface area contributed by atoms with Crippen molar-refractivity contribution >= 4 is 34.5 Å². The molecule has 1 aliphatic heterocycles. The lowest BCUT2D eigenvalue weighted by Gasteiger charge is -2.10. The lowest BCUT2D eigenvalue weighted by molar-refractivity contribution is -0.138. The van der Waals surface area contributed by atoms with E-state index >= 15 is 0 Å². The molecule has 0 fully saturated rings. The summed E-state index contributed by atoms with van der Waals surface area (Å²) < 4.78 is 25.1. The number of para-hydroxylation sites is 1. The summed E-state index contributed by atoms with van der Waals surface area (Å²) in [6.45, 7) is 3.90. The van der Waals surface area contributed by atoms with Crippen LogP contribution >= 0.6 is 11.8 Å². The van der Waals surface area contributed by atoms with Crippen molar-refractivity contribution in [1.82, 2.24) is 0 Å². The molecule has 3 aromatic rings. The molecule has 4 rings (SSSR count). The second kappa shape index (κ2) is 11.1. The number of hydrogen-bond acceptors (Lipinski definition) is 6. The van der Waals surface area contributed by atoms with Gasteiger partial charge in [0.1, 0.15) is 34.5 Å². The Balaban J connectivity index is 1.67. The molecule has 0 amide bonds. The lowest BCUT2D eigenvalue weighted by Crippen LogP contribution is -2.12. The van der Waals surface area contributed by atoms with Gasteiger partial charge in [-0.05, 0) is 44.2 Å². The standard InChI is InChI=1S/C28H24FNO4S/c1-3-33-28(32)25-26(31)24(35-27(25)30-21-14-12-18(2)13-15-21)16-19-8-5-7-11-23(19)34-17-20-9-4-6-10-22(20)29/h4-16,31H,3,17H2,1-2H3/b24-16-,30-27?. The molecule has 0 radical (unpaired) electrons. The normalized spacial score (nSPS) is 15.6. The van der Waals surface area contributed by atoms with Crippen LogP contribution in [0, 0.1) is 12.7 Å². The van der Waals surface area contributed by atoms with E-state index in [1.54, 1.807) is 37.3 Å². The fourth-order valence-electron chi connectivity index (χ4n) is 3.37. The van der Waals surface area contributed by atoms with E-state index in [2.05, 4.69) is 4.99 Å². The number of benzene rings is 3. The Bertz CT molecular complexity index is 1330. The van der Waals surface area contributed by atoms with Crippen LogP contribution < -0.4 is 4.74 Å². The first-order valence-electron chi connectivity index (χ1n) is 11.1. The Morgan fingerprint density at radius 2 is 1.77 bits per heavy atom. The molecule has 0 atom stereocenters. The highest BCUT2D eigenvalue weighted by molar-refractivity contribution is 8.18. The molecule has 1 aliphatic rings. The van der Waals surface area contributed by atoms with Gasteiger partial charge in [0.2, 0.25) is 0 Å². The maximum atomic E-state index is 14.0. The molecule has 0 aromatic heterocycles. The van der Waals surface area contributed by atoms with Crippen LogP contribution in [0.1, 0.15) is 23.6 Å². The average Bonchev–Trinajstić information content (AvgIpc) is 3.15. The Morgan fingerprint density at radius 3 is 2.51 bits per heavy atom. The van der Waals surface area contributed by atoms with E-state index in [9.17, 15) is 14.3 Å². The third-order valence-corrected chi connectivity index (χ3v) is 6.20. The third-order valence-electron chi connectivity index (χ3n) is 5.18. The number of carbonyl (C=O) groups excluding carboxylic acids is 1. The zero-order valence-electron chi connectivity index (χ0n) is 19.3. The molecule has 35 heavy (non-hydrogen) atoms. The molecule has 7 heteroatoms. The zero-order chi connectivity index (χ0) is 24.8. The number of aliphatic hydroxyl groups excluding tert-OH is 1. The minimum Gasteiger partial charge on any atom is -0.506 e. The van der Waals surface area contributed by atoms with Gasteiger partial charge in [0, 0.05) is 11.1 Å². The van der Waals surface area contributed by atoms with Crippen LogP contribution in [-0.2, 0) is 16.1 Å². The largest absolute Gasteiger partial charge is 0.506 e. The smallest absolute Gasteiger partial charge is 0.344 e. The summed E-state index contributed by atoms with van der Waals surface area (Å²) in [6, 6.07) is 21.2. The molecule has 0 bridgehead atoms. The molecule has 5 nitrogen and oxygen atoms in total. The van der Waals surface area contributed by atoms with Crippen LogP contribution in [-0.4, -0.2) is 22.7 Å². The summed E-state index contributed by atoms with van der Waals surface area (Å²) >= 11 is 1.17. The van der Waals surface area contributed by atoms with Gasteiger partial charge >= 0.3 is 5.97 Å². The number of carbonyl (C=O) groups is 1. The van der Waals surface area contributed by atoms with Gasteiger partial charge in [0.05, 0.1) is 17.2 Å². The predicted molar refractivity (Wildman–Crippen MR) is 137 cm³/mol. The number of thioether (sulfide) groups is 1. The van der Waals surface area contributed by atoms with Crippen molar-refractivity contribution in [2.24, 2.45) is 4.99 Å². The van der Waals surface area contributed by atoms with Gasteiger partial charge in [0.25, 0.3) is 0 Å². The Hall–Kier alpha value is -3.84. The minimum absolute atomic E-state index is 0.0217. The quantitative estimate of drug-likeness (QED) is 0.365. The zero-order valence-corrected chi connectivity index (χ0v) is 20.1. The first-order chi connectivity index (χ1) is 17.0. The summed E-state index contributed by atoms with van der Waals surface area (Å²) in [5, 5.41) is 11.3. The molecule has 0 unspecified atom stereocenters. The number of aliphatic imine (C=N–C) groups is 1. The van der Waals surface area contributed by atoms with Gasteiger partial charge in [-0.2, -0.15) is 0 Å². The highest BCUT2D eigenvalue weighted by Crippen LogP contribution is 2.41. The topological polar surface area (TPSA) is 68.1 Å². The van der Waals surface area contributed by atoms with Crippen molar-refractivity contribution in [1.29, 1.82) is 0 Å². The molecule has 1 heterocycles. The van der Waals surface area contributed by atoms with Crippen molar-refractivity contribution in [3.8, 4) is 5.75 Å². The second-order valence-corrected chi connectivity index (χ2v) is 8.76. The highest BCUT2D eigenvalue weighted by atomic mass is 32.2. The SMILES string of the molecule is CCOC(=O)C1=C(O)/C(=C/c2ccccc2OCc2ccccc2F)SC1=Nc1ccc(C)cc1. The van der Waals surface area contributed by atoms with Gasteiger partial charge < -0.3 is 14.6 Å². The molecular formula is C28H24FNO4S.